The third-order valence-electron chi connectivity index (χ3n) is 5.91. The molecule has 1 atom stereocenters. The number of aliphatic hydroxyl groups is 1. The molecule has 178 valence electrons. The number of hydrogen-bond acceptors (Lipinski definition) is 2. The summed E-state index contributed by atoms with van der Waals surface area (Å²) in [5.41, 5.74) is 3.26. The minimum Gasteiger partial charge on any atom is -0.508 e. The van der Waals surface area contributed by atoms with Gasteiger partial charge in [-0.3, -0.25) is 0 Å². The number of phenols is 1. The second-order valence-corrected chi connectivity index (χ2v) is 8.38. The molecule has 0 aliphatic heterocycles. The van der Waals surface area contributed by atoms with Gasteiger partial charge in [0.25, 0.3) is 0 Å². The van der Waals surface area contributed by atoms with Gasteiger partial charge in [-0.15, -0.1) is 0 Å². The van der Waals surface area contributed by atoms with Crippen molar-refractivity contribution in [1.82, 2.24) is 0 Å². The molecule has 0 bridgehead atoms. The molecule has 0 saturated heterocycles. The van der Waals surface area contributed by atoms with Gasteiger partial charge in [-0.1, -0.05) is 86.2 Å². The summed E-state index contributed by atoms with van der Waals surface area (Å²) >= 11 is 0. The molecule has 4 aromatic carbocycles. The maximum atomic E-state index is 14.8. The van der Waals surface area contributed by atoms with Crippen LogP contribution in [0.1, 0.15) is 42.6 Å². The number of aliphatic hydroxyl groups excluding tert-OH is 1. The largest absolute Gasteiger partial charge is 0.508 e. The van der Waals surface area contributed by atoms with Crippen LogP contribution in [0.4, 0.5) is 13.2 Å². The van der Waals surface area contributed by atoms with E-state index >= 15 is 0 Å². The Morgan fingerprint density at radius 1 is 0.743 bits per heavy atom. The summed E-state index contributed by atoms with van der Waals surface area (Å²) in [6.07, 6.45) is 4.05. The number of benzene rings is 4. The van der Waals surface area contributed by atoms with E-state index in [-0.39, 0.29) is 16.9 Å². The van der Waals surface area contributed by atoms with E-state index < -0.39 is 23.6 Å². The van der Waals surface area contributed by atoms with Gasteiger partial charge in [-0.25, -0.2) is 13.2 Å². The number of halogens is 3. The van der Waals surface area contributed by atoms with Crippen LogP contribution in [-0.4, -0.2) is 10.2 Å². The van der Waals surface area contributed by atoms with Crippen molar-refractivity contribution < 1.29 is 23.4 Å². The zero-order valence-corrected chi connectivity index (χ0v) is 19.2. The lowest BCUT2D eigenvalue weighted by Crippen LogP contribution is -1.97. The molecule has 4 rings (SSSR count). The molecule has 0 aromatic heterocycles. The fourth-order valence-electron chi connectivity index (χ4n) is 3.94. The normalized spacial score (nSPS) is 12.3. The van der Waals surface area contributed by atoms with Gasteiger partial charge in [-0.05, 0) is 40.8 Å². The predicted molar refractivity (Wildman–Crippen MR) is 134 cm³/mol. The Labute approximate surface area is 202 Å². The van der Waals surface area contributed by atoms with Gasteiger partial charge >= 0.3 is 0 Å². The van der Waals surface area contributed by atoms with Crippen molar-refractivity contribution >= 4 is 12.2 Å². The lowest BCUT2D eigenvalue weighted by atomic mass is 9.98. The molecule has 0 spiro atoms. The average Bonchev–Trinajstić information content (AvgIpc) is 2.86. The van der Waals surface area contributed by atoms with Crippen LogP contribution in [0.2, 0.25) is 0 Å². The van der Waals surface area contributed by atoms with Crippen molar-refractivity contribution in [1.29, 1.82) is 0 Å². The summed E-state index contributed by atoms with van der Waals surface area (Å²) in [6, 6.07) is 20.8. The van der Waals surface area contributed by atoms with Crippen LogP contribution in [0, 0.1) is 17.5 Å². The van der Waals surface area contributed by atoms with E-state index in [1.165, 1.54) is 30.3 Å². The lowest BCUT2D eigenvalue weighted by Gasteiger charge is -2.11. The Kier molecular flexibility index (Phi) is 7.37. The first-order valence-corrected chi connectivity index (χ1v) is 11.4. The summed E-state index contributed by atoms with van der Waals surface area (Å²) in [5, 5.41) is 19.5. The number of rotatable bonds is 7. The maximum absolute atomic E-state index is 14.8. The number of hydrogen-bond donors (Lipinski definition) is 2. The lowest BCUT2D eigenvalue weighted by molar-refractivity contribution is 0.166. The minimum absolute atomic E-state index is 0.106. The molecule has 0 radical (unpaired) electrons. The van der Waals surface area contributed by atoms with Gasteiger partial charge in [-0.2, -0.15) is 0 Å². The first kappa shape index (κ1) is 24.3. The van der Waals surface area contributed by atoms with Crippen LogP contribution >= 0.6 is 0 Å². The fourth-order valence-corrected chi connectivity index (χ4v) is 3.94. The van der Waals surface area contributed by atoms with Gasteiger partial charge in [0.2, 0.25) is 0 Å². The molecule has 0 saturated carbocycles. The van der Waals surface area contributed by atoms with Crippen molar-refractivity contribution in [3.8, 4) is 28.0 Å². The smallest absolute Gasteiger partial charge is 0.167 e. The molecule has 1 unspecified atom stereocenters. The molecule has 35 heavy (non-hydrogen) atoms. The zero-order valence-electron chi connectivity index (χ0n) is 19.2. The molecule has 2 nitrogen and oxygen atoms in total. The summed E-state index contributed by atoms with van der Waals surface area (Å²) in [6.45, 7) is 1.99. The molecule has 0 heterocycles. The monoisotopic (exact) mass is 474 g/mol. The van der Waals surface area contributed by atoms with Crippen molar-refractivity contribution in [2.75, 3.05) is 0 Å². The van der Waals surface area contributed by atoms with E-state index in [0.29, 0.717) is 23.1 Å². The molecule has 2 N–H and O–H groups in total. The van der Waals surface area contributed by atoms with Crippen LogP contribution in [0.3, 0.4) is 0 Å². The highest BCUT2D eigenvalue weighted by atomic mass is 19.2. The van der Waals surface area contributed by atoms with E-state index in [1.807, 2.05) is 6.92 Å². The van der Waals surface area contributed by atoms with Crippen LogP contribution in [0.25, 0.3) is 34.4 Å². The van der Waals surface area contributed by atoms with Crippen LogP contribution in [0.15, 0.2) is 78.9 Å². The van der Waals surface area contributed by atoms with E-state index in [0.717, 1.165) is 23.6 Å². The van der Waals surface area contributed by atoms with Crippen LogP contribution in [0.5, 0.6) is 5.75 Å². The quantitative estimate of drug-likeness (QED) is 0.265. The van der Waals surface area contributed by atoms with Gasteiger partial charge < -0.3 is 10.2 Å². The third-order valence-corrected chi connectivity index (χ3v) is 5.91. The molecular weight excluding hydrogens is 449 g/mol. The highest BCUT2D eigenvalue weighted by molar-refractivity contribution is 5.74. The molecule has 5 heteroatoms. The van der Waals surface area contributed by atoms with E-state index in [1.54, 1.807) is 54.6 Å². The maximum Gasteiger partial charge on any atom is 0.167 e. The van der Waals surface area contributed by atoms with Gasteiger partial charge in [0.05, 0.1) is 6.10 Å². The van der Waals surface area contributed by atoms with Crippen LogP contribution < -0.4 is 0 Å². The molecule has 4 aromatic rings. The topological polar surface area (TPSA) is 40.5 Å². The number of phenolic OH excluding ortho intramolecular Hbond substituents is 1. The van der Waals surface area contributed by atoms with Crippen molar-refractivity contribution in [3.63, 3.8) is 0 Å². The highest BCUT2D eigenvalue weighted by Crippen LogP contribution is 2.30. The summed E-state index contributed by atoms with van der Waals surface area (Å²) in [4.78, 5) is 0. The Bertz CT molecular complexity index is 1340. The number of aromatic hydroxyl groups is 1. The zero-order chi connectivity index (χ0) is 24.9. The van der Waals surface area contributed by atoms with Crippen molar-refractivity contribution in [2.45, 2.75) is 25.9 Å². The van der Waals surface area contributed by atoms with E-state index in [2.05, 4.69) is 0 Å². The molecule has 0 amide bonds. The molecule has 0 aliphatic carbocycles. The summed E-state index contributed by atoms with van der Waals surface area (Å²) in [5.74, 6) is -2.56. The van der Waals surface area contributed by atoms with Crippen LogP contribution in [-0.2, 0) is 0 Å². The minimum atomic E-state index is -0.948. The fraction of sp³-hybridized carbons (Fsp3) is 0.133. The Morgan fingerprint density at radius 2 is 1.37 bits per heavy atom. The van der Waals surface area contributed by atoms with Crippen molar-refractivity contribution in [2.24, 2.45) is 0 Å². The van der Waals surface area contributed by atoms with Gasteiger partial charge in [0.15, 0.2) is 11.6 Å². The van der Waals surface area contributed by atoms with Crippen molar-refractivity contribution in [3.05, 3.63) is 113 Å². The third kappa shape index (κ3) is 5.47. The predicted octanol–water partition coefficient (Wildman–Crippen LogP) is 8.15. The Morgan fingerprint density at radius 3 is 2.03 bits per heavy atom. The van der Waals surface area contributed by atoms with Gasteiger partial charge in [0.1, 0.15) is 11.6 Å². The first-order valence-electron chi connectivity index (χ1n) is 11.4. The highest BCUT2D eigenvalue weighted by Gasteiger charge is 2.14. The molecule has 0 fully saturated rings. The summed E-state index contributed by atoms with van der Waals surface area (Å²) in [7, 11) is 0. The Balaban J connectivity index is 1.52. The molecule has 0 aliphatic rings. The first-order chi connectivity index (χ1) is 16.9. The second-order valence-electron chi connectivity index (χ2n) is 8.38. The standard InChI is InChI=1S/C30H25F3O2/c1-2-3-28(35)22-12-10-21(11-13-22)26-16-14-23(29(32)30(26)33)9-6-19-4-7-20(8-5-19)25-17-15-24(34)18-27(25)31/h4-18,28,34-35H,2-3H2,1H3/b9-6+. The van der Waals surface area contributed by atoms with Gasteiger partial charge in [0, 0.05) is 22.8 Å². The average molecular weight is 475 g/mol. The van der Waals surface area contributed by atoms with E-state index in [9.17, 15) is 23.4 Å². The Hall–Kier alpha value is -3.83. The SMILES string of the molecule is CCCC(O)c1ccc(-c2ccc(/C=C/c3ccc(-c4ccc(O)cc4F)cc3)c(F)c2F)cc1. The second kappa shape index (κ2) is 10.6. The summed E-state index contributed by atoms with van der Waals surface area (Å²) < 4.78 is 43.7. The molecular formula is C30H25F3O2. The van der Waals surface area contributed by atoms with E-state index in [4.69, 9.17) is 0 Å².